The predicted molar refractivity (Wildman–Crippen MR) is 90.9 cm³/mol. The summed E-state index contributed by atoms with van der Waals surface area (Å²) < 4.78 is 5.41. The topological polar surface area (TPSA) is 79.7 Å². The third-order valence-electron chi connectivity index (χ3n) is 4.68. The smallest absolute Gasteiger partial charge is 0.226 e. The lowest BCUT2D eigenvalue weighted by Crippen LogP contribution is -2.54. The van der Waals surface area contributed by atoms with Gasteiger partial charge in [0.1, 0.15) is 5.76 Å². The molecule has 1 aromatic heterocycles. The molecular weight excluding hydrogens is 304 g/mol. The summed E-state index contributed by atoms with van der Waals surface area (Å²) in [5, 5.41) is 10.1. The summed E-state index contributed by atoms with van der Waals surface area (Å²) in [4.78, 5) is 14.7. The van der Waals surface area contributed by atoms with Crippen molar-refractivity contribution in [1.29, 1.82) is 0 Å². The molecule has 2 aromatic rings. The average Bonchev–Trinajstić information content (AvgIpc) is 3.03. The molecule has 0 unspecified atom stereocenters. The van der Waals surface area contributed by atoms with Crippen LogP contribution in [0.3, 0.4) is 0 Å². The summed E-state index contributed by atoms with van der Waals surface area (Å²) in [5.41, 5.74) is 6.94. The average molecular weight is 328 g/mol. The minimum Gasteiger partial charge on any atom is -0.467 e. The van der Waals surface area contributed by atoms with Crippen molar-refractivity contribution in [1.82, 2.24) is 4.90 Å². The normalized spacial score (nSPS) is 22.9. The standard InChI is InChI=1S/C19H24N2O3/c1-14-4-2-5-15(8-14)11-21(12-17-6-3-7-24-17)18(22)16-9-19(23,10-16)13-20/h2-8,16,23H,9-13,20H2,1H3. The number of amides is 1. The van der Waals surface area contributed by atoms with Crippen molar-refractivity contribution in [2.24, 2.45) is 11.7 Å². The molecule has 0 spiro atoms. The molecule has 24 heavy (non-hydrogen) atoms. The highest BCUT2D eigenvalue weighted by Gasteiger charge is 2.46. The maximum atomic E-state index is 12.9. The van der Waals surface area contributed by atoms with E-state index in [-0.39, 0.29) is 18.4 Å². The van der Waals surface area contributed by atoms with Gasteiger partial charge in [-0.25, -0.2) is 0 Å². The maximum absolute atomic E-state index is 12.9. The Kier molecular flexibility index (Phi) is 4.73. The van der Waals surface area contributed by atoms with Gasteiger partial charge in [0.05, 0.1) is 18.4 Å². The lowest BCUT2D eigenvalue weighted by molar-refractivity contribution is -0.152. The molecule has 0 atom stereocenters. The molecule has 0 radical (unpaired) electrons. The number of carbonyl (C=O) groups excluding carboxylic acids is 1. The van der Waals surface area contributed by atoms with Gasteiger partial charge in [-0.05, 0) is 37.5 Å². The first-order valence-electron chi connectivity index (χ1n) is 8.28. The molecule has 3 rings (SSSR count). The second kappa shape index (κ2) is 6.79. The van der Waals surface area contributed by atoms with Crippen molar-refractivity contribution in [2.45, 2.75) is 38.5 Å². The SMILES string of the molecule is Cc1cccc(CN(Cc2ccco2)C(=O)C2CC(O)(CN)C2)c1. The van der Waals surface area contributed by atoms with Crippen LogP contribution in [0.1, 0.15) is 29.7 Å². The van der Waals surface area contributed by atoms with E-state index in [9.17, 15) is 9.90 Å². The summed E-state index contributed by atoms with van der Waals surface area (Å²) in [6.07, 6.45) is 2.48. The highest BCUT2D eigenvalue weighted by molar-refractivity contribution is 5.80. The number of aliphatic hydroxyl groups is 1. The van der Waals surface area contributed by atoms with E-state index in [1.165, 1.54) is 5.56 Å². The van der Waals surface area contributed by atoms with Crippen LogP contribution in [0.25, 0.3) is 0 Å². The van der Waals surface area contributed by atoms with E-state index >= 15 is 0 Å². The van der Waals surface area contributed by atoms with E-state index in [1.807, 2.05) is 37.3 Å². The molecule has 0 saturated heterocycles. The highest BCUT2D eigenvalue weighted by Crippen LogP contribution is 2.38. The number of rotatable bonds is 6. The van der Waals surface area contributed by atoms with Gasteiger partial charge in [-0.15, -0.1) is 0 Å². The molecule has 3 N–H and O–H groups in total. The van der Waals surface area contributed by atoms with Crippen LogP contribution in [0.2, 0.25) is 0 Å². The minimum absolute atomic E-state index is 0.0473. The fourth-order valence-electron chi connectivity index (χ4n) is 3.29. The van der Waals surface area contributed by atoms with Crippen LogP contribution in [-0.4, -0.2) is 28.1 Å². The Labute approximate surface area is 142 Å². The first-order valence-corrected chi connectivity index (χ1v) is 8.28. The van der Waals surface area contributed by atoms with Gasteiger partial charge in [-0.1, -0.05) is 29.8 Å². The summed E-state index contributed by atoms with van der Waals surface area (Å²) in [6.45, 7) is 3.19. The monoisotopic (exact) mass is 328 g/mol. The second-order valence-electron chi connectivity index (χ2n) is 6.80. The Hall–Kier alpha value is -2.11. The van der Waals surface area contributed by atoms with Gasteiger partial charge in [0, 0.05) is 19.0 Å². The molecule has 1 aliphatic carbocycles. The highest BCUT2D eigenvalue weighted by atomic mass is 16.3. The summed E-state index contributed by atoms with van der Waals surface area (Å²) in [6, 6.07) is 11.8. The van der Waals surface area contributed by atoms with Gasteiger partial charge in [0.25, 0.3) is 0 Å². The molecule has 1 aliphatic rings. The first-order chi connectivity index (χ1) is 11.5. The number of carbonyl (C=O) groups is 1. The molecule has 128 valence electrons. The van der Waals surface area contributed by atoms with Crippen molar-refractivity contribution in [3.05, 3.63) is 59.5 Å². The van der Waals surface area contributed by atoms with Crippen LogP contribution in [0.5, 0.6) is 0 Å². The number of furan rings is 1. The van der Waals surface area contributed by atoms with E-state index in [4.69, 9.17) is 10.2 Å². The number of hydrogen-bond acceptors (Lipinski definition) is 4. The van der Waals surface area contributed by atoms with Crippen molar-refractivity contribution in [2.75, 3.05) is 6.54 Å². The Balaban J connectivity index is 1.73. The van der Waals surface area contributed by atoms with Gasteiger partial charge < -0.3 is 20.2 Å². The molecule has 1 fully saturated rings. The number of hydrogen-bond donors (Lipinski definition) is 2. The number of nitrogens with two attached hydrogens (primary N) is 1. The zero-order valence-corrected chi connectivity index (χ0v) is 13.9. The van der Waals surface area contributed by atoms with Crippen LogP contribution in [-0.2, 0) is 17.9 Å². The molecule has 1 amide bonds. The van der Waals surface area contributed by atoms with Gasteiger partial charge in [-0.3, -0.25) is 4.79 Å². The number of benzene rings is 1. The van der Waals surface area contributed by atoms with Gasteiger partial charge in [0.15, 0.2) is 0 Å². The fraction of sp³-hybridized carbons (Fsp3) is 0.421. The Morgan fingerprint density at radius 2 is 2.12 bits per heavy atom. The predicted octanol–water partition coefficient (Wildman–Crippen LogP) is 2.22. The lowest BCUT2D eigenvalue weighted by Gasteiger charge is -2.43. The van der Waals surface area contributed by atoms with Crippen molar-refractivity contribution >= 4 is 5.91 Å². The fourth-order valence-corrected chi connectivity index (χ4v) is 3.29. The molecular formula is C19H24N2O3. The second-order valence-corrected chi connectivity index (χ2v) is 6.80. The third-order valence-corrected chi connectivity index (χ3v) is 4.68. The van der Waals surface area contributed by atoms with Crippen LogP contribution < -0.4 is 5.73 Å². The Morgan fingerprint density at radius 3 is 2.75 bits per heavy atom. The van der Waals surface area contributed by atoms with Crippen LogP contribution in [0.15, 0.2) is 47.1 Å². The molecule has 1 aromatic carbocycles. The van der Waals surface area contributed by atoms with E-state index in [1.54, 1.807) is 11.2 Å². The molecule has 1 saturated carbocycles. The Bertz CT molecular complexity index is 690. The zero-order valence-electron chi connectivity index (χ0n) is 13.9. The van der Waals surface area contributed by atoms with Gasteiger partial charge in [0.2, 0.25) is 5.91 Å². The number of nitrogens with zero attached hydrogens (tertiary/aromatic N) is 1. The van der Waals surface area contributed by atoms with Gasteiger partial charge in [-0.2, -0.15) is 0 Å². The van der Waals surface area contributed by atoms with E-state index in [0.717, 1.165) is 11.3 Å². The summed E-state index contributed by atoms with van der Waals surface area (Å²) in [7, 11) is 0. The molecule has 0 bridgehead atoms. The largest absolute Gasteiger partial charge is 0.467 e. The van der Waals surface area contributed by atoms with Crippen LogP contribution in [0, 0.1) is 12.8 Å². The molecule has 5 heteroatoms. The van der Waals surface area contributed by atoms with E-state index < -0.39 is 5.60 Å². The van der Waals surface area contributed by atoms with Gasteiger partial charge >= 0.3 is 0 Å². The van der Waals surface area contributed by atoms with E-state index in [2.05, 4.69) is 6.07 Å². The first kappa shape index (κ1) is 16.7. The minimum atomic E-state index is -0.875. The quantitative estimate of drug-likeness (QED) is 0.852. The lowest BCUT2D eigenvalue weighted by atomic mass is 9.70. The van der Waals surface area contributed by atoms with E-state index in [0.29, 0.717) is 25.9 Å². The molecule has 0 aliphatic heterocycles. The maximum Gasteiger partial charge on any atom is 0.226 e. The van der Waals surface area contributed by atoms with Crippen LogP contribution in [0.4, 0.5) is 0 Å². The number of aryl methyl sites for hydroxylation is 1. The van der Waals surface area contributed by atoms with Crippen molar-refractivity contribution in [3.8, 4) is 0 Å². The molecule has 1 heterocycles. The third kappa shape index (κ3) is 3.68. The molecule has 5 nitrogen and oxygen atoms in total. The Morgan fingerprint density at radius 1 is 1.33 bits per heavy atom. The van der Waals surface area contributed by atoms with Crippen molar-refractivity contribution < 1.29 is 14.3 Å². The van der Waals surface area contributed by atoms with Crippen molar-refractivity contribution in [3.63, 3.8) is 0 Å². The zero-order chi connectivity index (χ0) is 17.2. The summed E-state index contributed by atoms with van der Waals surface area (Å²) >= 11 is 0. The van der Waals surface area contributed by atoms with Crippen LogP contribution >= 0.6 is 0 Å². The summed E-state index contributed by atoms with van der Waals surface area (Å²) in [5.74, 6) is 0.633.